The molecule has 1 saturated heterocycles. The Morgan fingerprint density at radius 1 is 0.982 bits per heavy atom. The molecule has 0 unspecified atom stereocenters. The lowest BCUT2D eigenvalue weighted by atomic mass is 9.57. The quantitative estimate of drug-likeness (QED) is 0.105. The van der Waals surface area contributed by atoms with Crippen molar-refractivity contribution in [3.63, 3.8) is 0 Å². The van der Waals surface area contributed by atoms with Crippen molar-refractivity contribution in [2.75, 3.05) is 37.4 Å². The van der Waals surface area contributed by atoms with Crippen molar-refractivity contribution in [3.8, 4) is 11.1 Å². The summed E-state index contributed by atoms with van der Waals surface area (Å²) in [5.41, 5.74) is 18.3. The number of carbonyl (C=O) groups excluding carboxylic acids is 3. The first-order valence-electron chi connectivity index (χ1n) is 19.2. The molecular weight excluding hydrogens is 692 g/mol. The Balaban J connectivity index is 0.00000229. The van der Waals surface area contributed by atoms with Gasteiger partial charge in [-0.1, -0.05) is 32.0 Å². The molecule has 3 amide bonds. The number of benzene rings is 1. The van der Waals surface area contributed by atoms with E-state index in [1.54, 1.807) is 30.1 Å². The van der Waals surface area contributed by atoms with Gasteiger partial charge in [0.1, 0.15) is 17.2 Å². The summed E-state index contributed by atoms with van der Waals surface area (Å²) >= 11 is 0. The zero-order chi connectivity index (χ0) is 39.2. The first kappa shape index (κ1) is 38.1. The summed E-state index contributed by atoms with van der Waals surface area (Å²) in [5, 5.41) is 12.5. The Morgan fingerprint density at radius 3 is 2.36 bits per heavy atom. The van der Waals surface area contributed by atoms with E-state index in [-0.39, 0.29) is 53.1 Å². The predicted octanol–water partition coefficient (Wildman–Crippen LogP) is 2.35. The van der Waals surface area contributed by atoms with E-state index in [4.69, 9.17) is 32.3 Å². The standard InChI is InChI=1S/C37H43B2N11O3.C2H6/c1-47-19-29-25(16-42-50(29)23-17-49(18-23)37(38,39)30-8-4-7-27(45-30)36(53)48(2)22-13-14-22)24-5-3-6-26(33(24)47)44-28(32(41)35(52)43-21-11-12-21)15-31(40)46-34(51)20-9-10-20;1-2/h3-8,15-16,20-23,44H,9-14,17-19,40-41H2,1-2H3,(H,43,52)(H,46,51);1-2H3/b31-15+,32-28+;. The van der Waals surface area contributed by atoms with E-state index in [2.05, 4.69) is 25.8 Å². The molecule has 1 aromatic carbocycles. The van der Waals surface area contributed by atoms with E-state index < -0.39 is 11.2 Å². The Morgan fingerprint density at radius 2 is 1.69 bits per heavy atom. The van der Waals surface area contributed by atoms with E-state index in [0.717, 1.165) is 61.0 Å². The number of nitrogens with zero attached hydrogens (tertiary/aromatic N) is 6. The summed E-state index contributed by atoms with van der Waals surface area (Å²) in [6.07, 6.45) is 8.88. The number of rotatable bonds is 12. The molecule has 3 aromatic rings. The molecule has 0 bridgehead atoms. The van der Waals surface area contributed by atoms with Crippen molar-refractivity contribution in [2.24, 2.45) is 17.4 Å². The molecule has 3 saturated carbocycles. The number of allylic oxidation sites excluding steroid dienone is 1. The number of hydrogen-bond donors (Lipinski definition) is 5. The van der Waals surface area contributed by atoms with Gasteiger partial charge in [-0.2, -0.15) is 5.10 Å². The highest BCUT2D eigenvalue weighted by Gasteiger charge is 2.42. The van der Waals surface area contributed by atoms with Gasteiger partial charge in [0, 0.05) is 68.1 Å². The molecule has 4 radical (unpaired) electrons. The van der Waals surface area contributed by atoms with Crippen LogP contribution in [0.4, 0.5) is 11.4 Å². The number of hydrogen-bond acceptors (Lipinski definition) is 10. The molecule has 8 rings (SSSR count). The monoisotopic (exact) mass is 741 g/mol. The van der Waals surface area contributed by atoms with Crippen molar-refractivity contribution >= 4 is 44.8 Å². The maximum atomic E-state index is 13.1. The number of fused-ring (bicyclic) bond motifs is 3. The number of amides is 3. The summed E-state index contributed by atoms with van der Waals surface area (Å²) in [6.45, 7) is 5.64. The summed E-state index contributed by atoms with van der Waals surface area (Å²) in [5.74, 6) is -0.622. The molecule has 16 heteroatoms. The molecular formula is C39H49B2N11O3. The highest BCUT2D eigenvalue weighted by atomic mass is 16.2. The van der Waals surface area contributed by atoms with Crippen molar-refractivity contribution in [1.82, 2.24) is 35.2 Å². The Bertz CT molecular complexity index is 2040. The Hall–Kier alpha value is -5.24. The number of nitrogens with one attached hydrogen (secondary N) is 3. The van der Waals surface area contributed by atoms with Gasteiger partial charge in [0.15, 0.2) is 0 Å². The lowest BCUT2D eigenvalue weighted by molar-refractivity contribution is -0.121. The predicted molar refractivity (Wildman–Crippen MR) is 213 cm³/mol. The Kier molecular flexibility index (Phi) is 10.5. The van der Waals surface area contributed by atoms with E-state index in [9.17, 15) is 14.4 Å². The van der Waals surface area contributed by atoms with Gasteiger partial charge in [-0.15, -0.1) is 0 Å². The Labute approximate surface area is 324 Å². The number of pyridine rings is 1. The fraction of sp³-hybridized carbons (Fsp3) is 0.462. The number of anilines is 2. The van der Waals surface area contributed by atoms with E-state index in [1.165, 1.54) is 6.08 Å². The van der Waals surface area contributed by atoms with Gasteiger partial charge in [0.25, 0.3) is 11.8 Å². The zero-order valence-electron chi connectivity index (χ0n) is 32.0. The molecule has 0 spiro atoms. The highest BCUT2D eigenvalue weighted by Crippen LogP contribution is 2.45. The van der Waals surface area contributed by atoms with Crippen LogP contribution in [-0.2, 0) is 21.5 Å². The van der Waals surface area contributed by atoms with Gasteiger partial charge in [0.05, 0.1) is 57.2 Å². The van der Waals surface area contributed by atoms with Crippen LogP contribution in [0, 0.1) is 5.92 Å². The second-order valence-corrected chi connectivity index (χ2v) is 15.0. The van der Waals surface area contributed by atoms with Gasteiger partial charge in [-0.3, -0.25) is 19.1 Å². The molecule has 3 aliphatic carbocycles. The third kappa shape index (κ3) is 7.82. The zero-order valence-corrected chi connectivity index (χ0v) is 32.0. The van der Waals surface area contributed by atoms with Crippen LogP contribution in [0.15, 0.2) is 65.9 Å². The van der Waals surface area contributed by atoms with Gasteiger partial charge in [0.2, 0.25) is 5.91 Å². The minimum Gasteiger partial charge on any atom is -0.393 e. The molecule has 2 aliphatic heterocycles. The van der Waals surface area contributed by atoms with Crippen LogP contribution >= 0.6 is 0 Å². The van der Waals surface area contributed by atoms with E-state index in [0.29, 0.717) is 36.7 Å². The lowest BCUT2D eigenvalue weighted by Crippen LogP contribution is -2.60. The topological polar surface area (TPSA) is 180 Å². The minimum absolute atomic E-state index is 0.0190. The van der Waals surface area contributed by atoms with Crippen LogP contribution in [-0.4, -0.2) is 97.2 Å². The fourth-order valence-electron chi connectivity index (χ4n) is 7.04. The summed E-state index contributed by atoms with van der Waals surface area (Å²) in [4.78, 5) is 48.9. The van der Waals surface area contributed by atoms with Gasteiger partial charge in [-0.05, 0) is 62.1 Å². The van der Waals surface area contributed by atoms with Crippen LogP contribution in [0.2, 0.25) is 0 Å². The number of para-hydroxylation sites is 1. The summed E-state index contributed by atoms with van der Waals surface area (Å²) < 4.78 is 2.04. The average Bonchev–Trinajstić information content (AvgIpc) is 4.01. The van der Waals surface area contributed by atoms with Crippen LogP contribution in [0.3, 0.4) is 0 Å². The van der Waals surface area contributed by atoms with Crippen molar-refractivity contribution in [1.29, 1.82) is 0 Å². The molecule has 2 aromatic heterocycles. The molecule has 4 fully saturated rings. The van der Waals surface area contributed by atoms with Crippen LogP contribution in [0.5, 0.6) is 0 Å². The maximum absolute atomic E-state index is 13.1. The molecule has 4 heterocycles. The van der Waals surface area contributed by atoms with E-state index in [1.807, 2.05) is 54.9 Å². The number of aromatic nitrogens is 3. The highest BCUT2D eigenvalue weighted by molar-refractivity contribution is 6.39. The first-order chi connectivity index (χ1) is 26.4. The second-order valence-electron chi connectivity index (χ2n) is 15.0. The van der Waals surface area contributed by atoms with Crippen molar-refractivity contribution < 1.29 is 14.4 Å². The molecule has 5 aliphatic rings. The van der Waals surface area contributed by atoms with E-state index >= 15 is 0 Å². The SMILES string of the molecule is CC.[B]C([B])(c1cccc(C(=O)N(C)C2CC2)n1)N1CC(n2ncc3c2CN(C)c2c(NC(/C=C(\N)NC(=O)C4CC4)=C(/N)C(=O)NC4CC4)cccc2-3)C1. The van der Waals surface area contributed by atoms with Crippen molar-refractivity contribution in [3.05, 3.63) is 83.0 Å². The average molecular weight is 742 g/mol. The number of likely N-dealkylation sites (tertiary alicyclic amines) is 1. The number of nitrogens with two attached hydrogens (primary N) is 2. The van der Waals surface area contributed by atoms with Crippen molar-refractivity contribution in [2.45, 2.75) is 82.4 Å². The third-order valence-electron chi connectivity index (χ3n) is 10.8. The molecule has 55 heavy (non-hydrogen) atoms. The lowest BCUT2D eigenvalue weighted by Gasteiger charge is -2.50. The third-order valence-corrected chi connectivity index (χ3v) is 10.8. The van der Waals surface area contributed by atoms with Crippen LogP contribution < -0.4 is 32.3 Å². The molecule has 0 atom stereocenters. The second kappa shape index (κ2) is 15.1. The molecule has 7 N–H and O–H groups in total. The number of carbonyl (C=O) groups is 3. The minimum atomic E-state index is -1.37. The van der Waals surface area contributed by atoms with Crippen LogP contribution in [0.1, 0.15) is 80.3 Å². The molecule has 284 valence electrons. The molecule has 14 nitrogen and oxygen atoms in total. The smallest absolute Gasteiger partial charge is 0.272 e. The summed E-state index contributed by atoms with van der Waals surface area (Å²) in [7, 11) is 17.2. The fourth-order valence-corrected chi connectivity index (χ4v) is 7.04. The largest absolute Gasteiger partial charge is 0.393 e. The normalized spacial score (nSPS) is 18.8. The summed E-state index contributed by atoms with van der Waals surface area (Å²) in [6, 6.07) is 11.5. The van der Waals surface area contributed by atoms with Gasteiger partial charge in [-0.25, -0.2) is 4.98 Å². The van der Waals surface area contributed by atoms with Crippen LogP contribution in [0.25, 0.3) is 11.1 Å². The van der Waals surface area contributed by atoms with Gasteiger partial charge < -0.3 is 42.1 Å². The maximum Gasteiger partial charge on any atom is 0.272 e. The van der Waals surface area contributed by atoms with Gasteiger partial charge >= 0.3 is 0 Å². The first-order valence-corrected chi connectivity index (χ1v) is 19.2.